The van der Waals surface area contributed by atoms with E-state index in [0.717, 1.165) is 25.3 Å². The summed E-state index contributed by atoms with van der Waals surface area (Å²) in [7, 11) is 0. The largest absolute Gasteiger partial charge is 0.355 e. The maximum absolute atomic E-state index is 11.8. The number of rotatable bonds is 2. The quantitative estimate of drug-likeness (QED) is 0.751. The number of nitrogens with one attached hydrogen (secondary N) is 2. The monoisotopic (exact) mass is 224 g/mol. The molecule has 16 heavy (non-hydrogen) atoms. The van der Waals surface area contributed by atoms with Gasteiger partial charge in [0, 0.05) is 12.6 Å². The van der Waals surface area contributed by atoms with Gasteiger partial charge in [0.1, 0.15) is 0 Å². The van der Waals surface area contributed by atoms with E-state index >= 15 is 0 Å². The lowest BCUT2D eigenvalue weighted by Crippen LogP contribution is -2.48. The van der Waals surface area contributed by atoms with Crippen LogP contribution in [0.1, 0.15) is 51.9 Å². The van der Waals surface area contributed by atoms with Crippen molar-refractivity contribution in [1.29, 1.82) is 0 Å². The molecule has 1 heterocycles. The van der Waals surface area contributed by atoms with Crippen molar-refractivity contribution in [1.82, 2.24) is 10.6 Å². The highest BCUT2D eigenvalue weighted by Crippen LogP contribution is 2.24. The Morgan fingerprint density at radius 3 is 2.88 bits per heavy atom. The van der Waals surface area contributed by atoms with Crippen LogP contribution in [0.4, 0.5) is 0 Å². The molecule has 0 radical (unpaired) electrons. The molecule has 3 nitrogen and oxygen atoms in total. The van der Waals surface area contributed by atoms with E-state index in [9.17, 15) is 4.79 Å². The van der Waals surface area contributed by atoms with E-state index in [1.54, 1.807) is 0 Å². The molecular formula is C13H24N2O. The summed E-state index contributed by atoms with van der Waals surface area (Å²) < 4.78 is 0. The number of carbonyl (C=O) groups excluding carboxylic acids is 1. The predicted octanol–water partition coefficient (Wildman–Crippen LogP) is 1.82. The van der Waals surface area contributed by atoms with Crippen molar-refractivity contribution in [3.8, 4) is 0 Å². The molecule has 0 unspecified atom stereocenters. The zero-order valence-corrected chi connectivity index (χ0v) is 10.3. The molecule has 2 aliphatic rings. The van der Waals surface area contributed by atoms with E-state index in [0.29, 0.717) is 6.04 Å². The third-order valence-electron chi connectivity index (χ3n) is 3.91. The SMILES string of the molecule is C[C@@H]1CCC[C@H](N[C@@H]2CCCCNC2=O)C1. The lowest BCUT2D eigenvalue weighted by atomic mass is 9.86. The van der Waals surface area contributed by atoms with Crippen LogP contribution in [0.15, 0.2) is 0 Å². The summed E-state index contributed by atoms with van der Waals surface area (Å²) in [5.41, 5.74) is 0. The van der Waals surface area contributed by atoms with Crippen molar-refractivity contribution in [2.24, 2.45) is 5.92 Å². The minimum atomic E-state index is 0.0674. The second-order valence-corrected chi connectivity index (χ2v) is 5.47. The van der Waals surface area contributed by atoms with Crippen molar-refractivity contribution >= 4 is 5.91 Å². The van der Waals surface area contributed by atoms with Crippen molar-refractivity contribution in [2.75, 3.05) is 6.54 Å². The van der Waals surface area contributed by atoms with Gasteiger partial charge in [0.2, 0.25) is 5.91 Å². The molecule has 1 aliphatic heterocycles. The molecular weight excluding hydrogens is 200 g/mol. The fourth-order valence-electron chi connectivity index (χ4n) is 2.97. The molecule has 2 fully saturated rings. The number of carbonyl (C=O) groups is 1. The topological polar surface area (TPSA) is 41.1 Å². The van der Waals surface area contributed by atoms with Crippen molar-refractivity contribution in [3.63, 3.8) is 0 Å². The summed E-state index contributed by atoms with van der Waals surface area (Å²) in [5.74, 6) is 1.04. The minimum absolute atomic E-state index is 0.0674. The molecule has 3 atom stereocenters. The highest BCUT2D eigenvalue weighted by Gasteiger charge is 2.26. The zero-order valence-electron chi connectivity index (χ0n) is 10.3. The van der Waals surface area contributed by atoms with Crippen molar-refractivity contribution < 1.29 is 4.79 Å². The highest BCUT2D eigenvalue weighted by molar-refractivity contribution is 5.81. The molecule has 1 saturated carbocycles. The van der Waals surface area contributed by atoms with Crippen LogP contribution in [0.3, 0.4) is 0 Å². The Morgan fingerprint density at radius 1 is 1.19 bits per heavy atom. The minimum Gasteiger partial charge on any atom is -0.355 e. The van der Waals surface area contributed by atoms with E-state index in [1.165, 1.54) is 32.1 Å². The van der Waals surface area contributed by atoms with Crippen LogP contribution in [0.2, 0.25) is 0 Å². The Labute approximate surface area is 98.4 Å². The summed E-state index contributed by atoms with van der Waals surface area (Å²) in [6, 6.07) is 0.635. The Bertz CT molecular complexity index is 242. The lowest BCUT2D eigenvalue weighted by molar-refractivity contribution is -0.123. The van der Waals surface area contributed by atoms with Crippen LogP contribution >= 0.6 is 0 Å². The molecule has 1 amide bonds. The number of amides is 1. The standard InChI is InChI=1S/C13H24N2O/c1-10-5-4-6-11(9-10)15-12-7-2-3-8-14-13(12)16/h10-12,15H,2-9H2,1H3,(H,14,16)/t10-,11+,12-/m1/s1. The molecule has 3 heteroatoms. The van der Waals surface area contributed by atoms with Gasteiger partial charge in [-0.25, -0.2) is 0 Å². The molecule has 2 N–H and O–H groups in total. The summed E-state index contributed by atoms with van der Waals surface area (Å²) in [4.78, 5) is 11.8. The van der Waals surface area contributed by atoms with E-state index < -0.39 is 0 Å². The molecule has 2 rings (SSSR count). The fraction of sp³-hybridized carbons (Fsp3) is 0.923. The maximum Gasteiger partial charge on any atom is 0.237 e. The highest BCUT2D eigenvalue weighted by atomic mass is 16.2. The Balaban J connectivity index is 1.84. The van der Waals surface area contributed by atoms with Gasteiger partial charge >= 0.3 is 0 Å². The van der Waals surface area contributed by atoms with Gasteiger partial charge in [-0.1, -0.05) is 19.8 Å². The van der Waals surface area contributed by atoms with E-state index in [2.05, 4.69) is 17.6 Å². The summed E-state index contributed by atoms with van der Waals surface area (Å²) in [5, 5.41) is 6.56. The lowest BCUT2D eigenvalue weighted by Gasteiger charge is -2.30. The first-order chi connectivity index (χ1) is 7.75. The van der Waals surface area contributed by atoms with Crippen LogP contribution in [-0.4, -0.2) is 24.5 Å². The van der Waals surface area contributed by atoms with Gasteiger partial charge in [0.05, 0.1) is 6.04 Å². The molecule has 0 aromatic carbocycles. The molecule has 1 aliphatic carbocycles. The van der Waals surface area contributed by atoms with Gasteiger partial charge < -0.3 is 10.6 Å². The smallest absolute Gasteiger partial charge is 0.237 e. The Morgan fingerprint density at radius 2 is 2.06 bits per heavy atom. The number of hydrogen-bond acceptors (Lipinski definition) is 2. The average molecular weight is 224 g/mol. The third-order valence-corrected chi connectivity index (χ3v) is 3.91. The summed E-state index contributed by atoms with van der Waals surface area (Å²) in [6.45, 7) is 3.18. The second-order valence-electron chi connectivity index (χ2n) is 5.47. The summed E-state index contributed by atoms with van der Waals surface area (Å²) >= 11 is 0. The first-order valence-electron chi connectivity index (χ1n) is 6.79. The summed E-state index contributed by atoms with van der Waals surface area (Å²) in [6.07, 6.45) is 8.46. The molecule has 0 aromatic rings. The Hall–Kier alpha value is -0.570. The first kappa shape index (κ1) is 11.9. The normalized spacial score (nSPS) is 36.6. The molecule has 92 valence electrons. The van der Waals surface area contributed by atoms with Crippen LogP contribution in [-0.2, 0) is 4.79 Å². The molecule has 0 spiro atoms. The van der Waals surface area contributed by atoms with Crippen LogP contribution < -0.4 is 10.6 Å². The zero-order chi connectivity index (χ0) is 11.4. The van der Waals surface area contributed by atoms with Crippen LogP contribution in [0, 0.1) is 5.92 Å². The average Bonchev–Trinajstić information content (AvgIpc) is 2.45. The van der Waals surface area contributed by atoms with Gasteiger partial charge in [-0.2, -0.15) is 0 Å². The fourth-order valence-corrected chi connectivity index (χ4v) is 2.97. The van der Waals surface area contributed by atoms with Gasteiger partial charge in [-0.05, 0) is 38.0 Å². The van der Waals surface area contributed by atoms with Gasteiger partial charge in [0.15, 0.2) is 0 Å². The molecule has 0 aromatic heterocycles. The van der Waals surface area contributed by atoms with Gasteiger partial charge in [0.25, 0.3) is 0 Å². The van der Waals surface area contributed by atoms with Crippen molar-refractivity contribution in [3.05, 3.63) is 0 Å². The Kier molecular flexibility index (Phi) is 4.22. The third kappa shape index (κ3) is 3.21. The van der Waals surface area contributed by atoms with Gasteiger partial charge in [-0.3, -0.25) is 4.79 Å². The van der Waals surface area contributed by atoms with Crippen molar-refractivity contribution in [2.45, 2.75) is 64.0 Å². The molecule has 1 saturated heterocycles. The second kappa shape index (κ2) is 5.67. The number of hydrogen-bond donors (Lipinski definition) is 2. The maximum atomic E-state index is 11.8. The van der Waals surface area contributed by atoms with Crippen LogP contribution in [0.25, 0.3) is 0 Å². The predicted molar refractivity (Wildman–Crippen MR) is 65.2 cm³/mol. The van der Waals surface area contributed by atoms with E-state index in [4.69, 9.17) is 0 Å². The first-order valence-corrected chi connectivity index (χ1v) is 6.79. The van der Waals surface area contributed by atoms with E-state index in [-0.39, 0.29) is 11.9 Å². The van der Waals surface area contributed by atoms with Crippen LogP contribution in [0.5, 0.6) is 0 Å². The molecule has 0 bridgehead atoms. The van der Waals surface area contributed by atoms with Gasteiger partial charge in [-0.15, -0.1) is 0 Å². The van der Waals surface area contributed by atoms with E-state index in [1.807, 2.05) is 0 Å².